The Balaban J connectivity index is 1.68. The third-order valence-electron chi connectivity index (χ3n) is 4.59. The first-order valence-corrected chi connectivity index (χ1v) is 8.85. The number of benzene rings is 3. The van der Waals surface area contributed by atoms with Crippen molar-refractivity contribution in [2.24, 2.45) is 0 Å². The van der Waals surface area contributed by atoms with Crippen molar-refractivity contribution in [2.75, 3.05) is 11.1 Å². The number of para-hydroxylation sites is 1. The predicted molar refractivity (Wildman–Crippen MR) is 108 cm³/mol. The highest BCUT2D eigenvalue weighted by molar-refractivity contribution is 6.10. The van der Waals surface area contributed by atoms with E-state index in [0.29, 0.717) is 11.3 Å². The van der Waals surface area contributed by atoms with Crippen LogP contribution in [0.1, 0.15) is 17.0 Å². The number of carbonyl (C=O) groups excluding carboxylic acids is 2. The number of hydrogen-bond acceptors (Lipinski definition) is 5. The number of cyclic esters (lactones) is 2. The molecule has 1 unspecified atom stereocenters. The van der Waals surface area contributed by atoms with Crippen molar-refractivity contribution in [3.05, 3.63) is 102 Å². The van der Waals surface area contributed by atoms with Crippen molar-refractivity contribution in [2.45, 2.75) is 5.92 Å². The maximum Gasteiger partial charge on any atom is 0.343 e. The summed E-state index contributed by atoms with van der Waals surface area (Å²) in [6.45, 7) is 0. The first-order chi connectivity index (χ1) is 13.6. The minimum atomic E-state index is -0.636. The Labute approximate surface area is 162 Å². The standard InChI is InChI=1S/C23H18N2O3/c24-17-10-6-15(7-11-17)22(20-14-21(26)28-23(20)27)16-8-12-19(13-9-16)25-18-4-2-1-3-5-18/h1-14,22,25H,24H2. The molecule has 3 aromatic rings. The van der Waals surface area contributed by atoms with Crippen LogP contribution in [-0.4, -0.2) is 11.9 Å². The molecule has 138 valence electrons. The van der Waals surface area contributed by atoms with Crippen molar-refractivity contribution in [3.8, 4) is 0 Å². The lowest BCUT2D eigenvalue weighted by Gasteiger charge is -2.18. The lowest BCUT2D eigenvalue weighted by Crippen LogP contribution is -2.11. The van der Waals surface area contributed by atoms with Gasteiger partial charge in [-0.25, -0.2) is 9.59 Å². The highest BCUT2D eigenvalue weighted by atomic mass is 16.6. The highest BCUT2D eigenvalue weighted by Crippen LogP contribution is 2.35. The quantitative estimate of drug-likeness (QED) is 0.400. The van der Waals surface area contributed by atoms with Crippen LogP contribution in [0.3, 0.4) is 0 Å². The molecule has 1 heterocycles. The molecule has 0 amide bonds. The zero-order chi connectivity index (χ0) is 19.5. The van der Waals surface area contributed by atoms with E-state index in [0.717, 1.165) is 22.5 Å². The molecule has 0 aromatic heterocycles. The maximum absolute atomic E-state index is 12.2. The fourth-order valence-corrected chi connectivity index (χ4v) is 3.25. The second-order valence-corrected chi connectivity index (χ2v) is 6.52. The summed E-state index contributed by atoms with van der Waals surface area (Å²) < 4.78 is 4.72. The van der Waals surface area contributed by atoms with E-state index >= 15 is 0 Å². The predicted octanol–water partition coefficient (Wildman–Crippen LogP) is 4.15. The van der Waals surface area contributed by atoms with Gasteiger partial charge in [-0.2, -0.15) is 0 Å². The van der Waals surface area contributed by atoms with Crippen LogP contribution >= 0.6 is 0 Å². The van der Waals surface area contributed by atoms with E-state index in [9.17, 15) is 9.59 Å². The molecule has 1 aliphatic rings. The van der Waals surface area contributed by atoms with Crippen molar-refractivity contribution in [3.63, 3.8) is 0 Å². The van der Waals surface area contributed by atoms with Gasteiger partial charge in [0.05, 0.1) is 5.57 Å². The van der Waals surface area contributed by atoms with Crippen molar-refractivity contribution >= 4 is 29.0 Å². The number of anilines is 3. The molecule has 0 saturated carbocycles. The number of carbonyl (C=O) groups is 2. The molecule has 1 aliphatic heterocycles. The van der Waals surface area contributed by atoms with Gasteiger partial charge in [0.1, 0.15) is 0 Å². The Morgan fingerprint density at radius 1 is 0.750 bits per heavy atom. The summed E-state index contributed by atoms with van der Waals surface area (Å²) in [5.41, 5.74) is 10.4. The maximum atomic E-state index is 12.2. The molecule has 3 aromatic carbocycles. The summed E-state index contributed by atoms with van der Waals surface area (Å²) in [6.07, 6.45) is 1.26. The van der Waals surface area contributed by atoms with Gasteiger partial charge < -0.3 is 15.8 Å². The molecule has 3 N–H and O–H groups in total. The van der Waals surface area contributed by atoms with Crippen LogP contribution in [0.5, 0.6) is 0 Å². The SMILES string of the molecule is Nc1ccc(C(C2=CC(=O)OC2=O)c2ccc(Nc3ccccc3)cc2)cc1. The Hall–Kier alpha value is -3.86. The molecule has 0 fully saturated rings. The van der Waals surface area contributed by atoms with Gasteiger partial charge in [0.15, 0.2) is 0 Å². The number of nitrogens with one attached hydrogen (secondary N) is 1. The van der Waals surface area contributed by atoms with Gasteiger partial charge in [0.25, 0.3) is 0 Å². The van der Waals surface area contributed by atoms with Crippen LogP contribution in [0.15, 0.2) is 90.5 Å². The van der Waals surface area contributed by atoms with Crippen molar-refractivity contribution in [1.82, 2.24) is 0 Å². The smallest absolute Gasteiger partial charge is 0.343 e. The summed E-state index contributed by atoms with van der Waals surface area (Å²) in [5, 5.41) is 3.33. The number of ether oxygens (including phenoxy) is 1. The van der Waals surface area contributed by atoms with Crippen LogP contribution in [-0.2, 0) is 14.3 Å². The summed E-state index contributed by atoms with van der Waals surface area (Å²) in [5.74, 6) is -1.66. The van der Waals surface area contributed by atoms with Gasteiger partial charge in [-0.05, 0) is 47.5 Å². The molecule has 0 aliphatic carbocycles. The van der Waals surface area contributed by atoms with Gasteiger partial charge in [0, 0.05) is 29.1 Å². The number of nitrogens with two attached hydrogens (primary N) is 1. The third-order valence-corrected chi connectivity index (χ3v) is 4.59. The molecule has 0 radical (unpaired) electrons. The van der Waals surface area contributed by atoms with Gasteiger partial charge >= 0.3 is 11.9 Å². The normalized spacial score (nSPS) is 14.4. The summed E-state index contributed by atoms with van der Waals surface area (Å²) in [7, 11) is 0. The summed E-state index contributed by atoms with van der Waals surface area (Å²) >= 11 is 0. The van der Waals surface area contributed by atoms with E-state index in [2.05, 4.69) is 5.32 Å². The molecule has 0 spiro atoms. The molecular weight excluding hydrogens is 352 g/mol. The summed E-state index contributed by atoms with van der Waals surface area (Å²) in [4.78, 5) is 23.8. The third kappa shape index (κ3) is 3.64. The fourth-order valence-electron chi connectivity index (χ4n) is 3.25. The number of nitrogen functional groups attached to an aromatic ring is 1. The van der Waals surface area contributed by atoms with Crippen LogP contribution in [0.25, 0.3) is 0 Å². The van der Waals surface area contributed by atoms with Gasteiger partial charge in [0.2, 0.25) is 0 Å². The van der Waals surface area contributed by atoms with Gasteiger partial charge in [-0.3, -0.25) is 0 Å². The van der Waals surface area contributed by atoms with Crippen molar-refractivity contribution in [1.29, 1.82) is 0 Å². The minimum Gasteiger partial charge on any atom is -0.399 e. The Morgan fingerprint density at radius 2 is 1.32 bits per heavy atom. The molecule has 0 bridgehead atoms. The van der Waals surface area contributed by atoms with E-state index in [1.807, 2.05) is 66.7 Å². The molecule has 4 rings (SSSR count). The fraction of sp³-hybridized carbons (Fsp3) is 0.0435. The number of hydrogen-bond donors (Lipinski definition) is 2. The van der Waals surface area contributed by atoms with E-state index in [-0.39, 0.29) is 0 Å². The first-order valence-electron chi connectivity index (χ1n) is 8.85. The molecule has 5 nitrogen and oxygen atoms in total. The molecule has 1 atom stereocenters. The minimum absolute atomic E-state index is 0.318. The average molecular weight is 370 g/mol. The molecule has 28 heavy (non-hydrogen) atoms. The van der Waals surface area contributed by atoms with E-state index < -0.39 is 17.9 Å². The monoisotopic (exact) mass is 370 g/mol. The molecule has 0 saturated heterocycles. The van der Waals surface area contributed by atoms with Crippen LogP contribution < -0.4 is 11.1 Å². The summed E-state index contributed by atoms with van der Waals surface area (Å²) in [6, 6.07) is 24.9. The number of rotatable bonds is 5. The second kappa shape index (κ2) is 7.40. The second-order valence-electron chi connectivity index (χ2n) is 6.52. The Bertz CT molecular complexity index is 1040. The van der Waals surface area contributed by atoms with Crippen molar-refractivity contribution < 1.29 is 14.3 Å². The molecular formula is C23H18N2O3. The lowest BCUT2D eigenvalue weighted by atomic mass is 9.85. The van der Waals surface area contributed by atoms with Gasteiger partial charge in [-0.1, -0.05) is 42.5 Å². The van der Waals surface area contributed by atoms with E-state index in [1.165, 1.54) is 6.08 Å². The number of esters is 2. The zero-order valence-corrected chi connectivity index (χ0v) is 15.0. The average Bonchev–Trinajstić information content (AvgIpc) is 3.03. The largest absolute Gasteiger partial charge is 0.399 e. The molecule has 5 heteroatoms. The van der Waals surface area contributed by atoms with Crippen LogP contribution in [0.2, 0.25) is 0 Å². The van der Waals surface area contributed by atoms with Crippen LogP contribution in [0, 0.1) is 0 Å². The highest BCUT2D eigenvalue weighted by Gasteiger charge is 2.32. The topological polar surface area (TPSA) is 81.4 Å². The van der Waals surface area contributed by atoms with E-state index in [1.54, 1.807) is 12.1 Å². The Kier molecular flexibility index (Phi) is 4.64. The van der Waals surface area contributed by atoms with Crippen LogP contribution in [0.4, 0.5) is 17.1 Å². The zero-order valence-electron chi connectivity index (χ0n) is 15.0. The van der Waals surface area contributed by atoms with Gasteiger partial charge in [-0.15, -0.1) is 0 Å². The first kappa shape index (κ1) is 17.5. The Morgan fingerprint density at radius 3 is 1.89 bits per heavy atom. The lowest BCUT2D eigenvalue weighted by molar-refractivity contribution is -0.150. The van der Waals surface area contributed by atoms with E-state index in [4.69, 9.17) is 10.5 Å².